The number of carbonyl (C=O) groups excluding carboxylic acids is 1. The van der Waals surface area contributed by atoms with Crippen molar-refractivity contribution < 1.29 is 27.4 Å². The van der Waals surface area contributed by atoms with Crippen molar-refractivity contribution in [3.63, 3.8) is 0 Å². The number of halogens is 3. The minimum atomic E-state index is -4.76. The molecule has 0 aliphatic heterocycles. The van der Waals surface area contributed by atoms with Gasteiger partial charge < -0.3 is 14.8 Å². The molecular weight excluding hydrogens is 335 g/mol. The molecule has 25 heavy (non-hydrogen) atoms. The van der Waals surface area contributed by atoms with E-state index < -0.39 is 12.3 Å². The molecule has 134 valence electrons. The Morgan fingerprint density at radius 1 is 1.12 bits per heavy atom. The highest BCUT2D eigenvalue weighted by molar-refractivity contribution is 5.94. The number of rotatable bonds is 6. The third-order valence-electron chi connectivity index (χ3n) is 3.62. The van der Waals surface area contributed by atoms with Gasteiger partial charge in [-0.25, -0.2) is 0 Å². The second-order valence-corrected chi connectivity index (χ2v) is 5.36. The van der Waals surface area contributed by atoms with Crippen LogP contribution < -0.4 is 10.1 Å². The van der Waals surface area contributed by atoms with Crippen molar-refractivity contribution in [2.75, 3.05) is 13.7 Å². The molecule has 1 atom stereocenters. The summed E-state index contributed by atoms with van der Waals surface area (Å²) in [4.78, 5) is 12.1. The molecule has 0 aromatic heterocycles. The Morgan fingerprint density at radius 2 is 1.76 bits per heavy atom. The van der Waals surface area contributed by atoms with Gasteiger partial charge in [0.2, 0.25) is 0 Å². The molecule has 0 aliphatic rings. The first-order valence-corrected chi connectivity index (χ1v) is 7.52. The summed E-state index contributed by atoms with van der Waals surface area (Å²) < 4.78 is 45.6. The maximum atomic E-state index is 12.1. The minimum absolute atomic E-state index is 0.231. The molecule has 0 heterocycles. The molecular formula is C18H18F3NO3. The summed E-state index contributed by atoms with van der Waals surface area (Å²) in [6, 6.07) is 12.4. The highest BCUT2D eigenvalue weighted by atomic mass is 19.4. The zero-order chi connectivity index (χ0) is 18.4. The fraction of sp³-hybridized carbons (Fsp3) is 0.278. The lowest BCUT2D eigenvalue weighted by atomic mass is 10.0. The standard InChI is InChI=1S/C18H18F3NO3/c1-12-5-3-4-6-15(12)16(24-2)11-22-17(23)13-7-9-14(10-8-13)25-18(19,20)21/h3-10,16H,11H2,1-2H3,(H,22,23)/t16-/m0/s1. The van der Waals surface area contributed by atoms with Gasteiger partial charge in [-0.1, -0.05) is 24.3 Å². The summed E-state index contributed by atoms with van der Waals surface area (Å²) in [5.41, 5.74) is 2.23. The SMILES string of the molecule is CO[C@@H](CNC(=O)c1ccc(OC(F)(F)F)cc1)c1ccccc1C. The summed E-state index contributed by atoms with van der Waals surface area (Å²) in [7, 11) is 1.55. The van der Waals surface area contributed by atoms with Gasteiger partial charge in [-0.05, 0) is 42.3 Å². The maximum Gasteiger partial charge on any atom is 0.573 e. The summed E-state index contributed by atoms with van der Waals surface area (Å²) in [6.07, 6.45) is -5.08. The number of aryl methyl sites for hydroxylation is 1. The minimum Gasteiger partial charge on any atom is -0.406 e. The van der Waals surface area contributed by atoms with E-state index >= 15 is 0 Å². The molecule has 2 rings (SSSR count). The van der Waals surface area contributed by atoms with Gasteiger partial charge in [-0.15, -0.1) is 13.2 Å². The van der Waals surface area contributed by atoms with E-state index in [9.17, 15) is 18.0 Å². The van der Waals surface area contributed by atoms with Crippen molar-refractivity contribution in [2.45, 2.75) is 19.4 Å². The van der Waals surface area contributed by atoms with Crippen LogP contribution in [0.15, 0.2) is 48.5 Å². The molecule has 0 aliphatic carbocycles. The number of nitrogens with one attached hydrogen (secondary N) is 1. The molecule has 0 unspecified atom stereocenters. The molecule has 0 bridgehead atoms. The molecule has 0 radical (unpaired) electrons. The number of hydrogen-bond acceptors (Lipinski definition) is 3. The van der Waals surface area contributed by atoms with Crippen molar-refractivity contribution in [1.82, 2.24) is 5.32 Å². The van der Waals surface area contributed by atoms with E-state index in [1.807, 2.05) is 31.2 Å². The van der Waals surface area contributed by atoms with Crippen LogP contribution >= 0.6 is 0 Å². The number of alkyl halides is 3. The van der Waals surface area contributed by atoms with Crippen LogP contribution in [-0.4, -0.2) is 25.9 Å². The van der Waals surface area contributed by atoms with E-state index in [-0.39, 0.29) is 24.0 Å². The van der Waals surface area contributed by atoms with Crippen molar-refractivity contribution in [3.05, 3.63) is 65.2 Å². The average molecular weight is 353 g/mol. The Bertz CT molecular complexity index is 714. The number of hydrogen-bond donors (Lipinski definition) is 1. The van der Waals surface area contributed by atoms with Gasteiger partial charge in [0.25, 0.3) is 5.91 Å². The van der Waals surface area contributed by atoms with E-state index in [1.165, 1.54) is 12.1 Å². The number of amides is 1. The van der Waals surface area contributed by atoms with Crippen molar-refractivity contribution in [1.29, 1.82) is 0 Å². The molecule has 0 fully saturated rings. The summed E-state index contributed by atoms with van der Waals surface area (Å²) in [5.74, 6) is -0.784. The Morgan fingerprint density at radius 3 is 2.32 bits per heavy atom. The predicted octanol–water partition coefficient (Wildman–Crippen LogP) is 4.01. The molecule has 0 saturated carbocycles. The third-order valence-corrected chi connectivity index (χ3v) is 3.62. The normalized spacial score (nSPS) is 12.5. The van der Waals surface area contributed by atoms with Crippen LogP contribution in [0.1, 0.15) is 27.6 Å². The molecule has 4 nitrogen and oxygen atoms in total. The third kappa shape index (κ3) is 5.49. The van der Waals surface area contributed by atoms with Gasteiger partial charge in [0.1, 0.15) is 5.75 Å². The van der Waals surface area contributed by atoms with E-state index in [2.05, 4.69) is 10.1 Å². The van der Waals surface area contributed by atoms with Crippen LogP contribution in [0.3, 0.4) is 0 Å². The first kappa shape index (κ1) is 18.8. The lowest BCUT2D eigenvalue weighted by molar-refractivity contribution is -0.274. The van der Waals surface area contributed by atoms with Crippen molar-refractivity contribution >= 4 is 5.91 Å². The quantitative estimate of drug-likeness (QED) is 0.854. The van der Waals surface area contributed by atoms with E-state index in [0.717, 1.165) is 23.3 Å². The van der Waals surface area contributed by atoms with Crippen LogP contribution in [0.5, 0.6) is 5.75 Å². The second-order valence-electron chi connectivity index (χ2n) is 5.36. The molecule has 2 aromatic carbocycles. The number of methoxy groups -OCH3 is 1. The van der Waals surface area contributed by atoms with Crippen LogP contribution in [0.25, 0.3) is 0 Å². The van der Waals surface area contributed by atoms with Gasteiger partial charge >= 0.3 is 6.36 Å². The van der Waals surface area contributed by atoms with Gasteiger partial charge in [-0.3, -0.25) is 4.79 Å². The van der Waals surface area contributed by atoms with Gasteiger partial charge in [0.15, 0.2) is 0 Å². The highest BCUT2D eigenvalue weighted by Crippen LogP contribution is 2.23. The summed E-state index contributed by atoms with van der Waals surface area (Å²) in [5, 5.41) is 2.72. The second kappa shape index (κ2) is 8.02. The largest absolute Gasteiger partial charge is 0.573 e. The summed E-state index contributed by atoms with van der Waals surface area (Å²) in [6.45, 7) is 2.18. The Labute approximate surface area is 143 Å². The fourth-order valence-electron chi connectivity index (χ4n) is 2.36. The van der Waals surface area contributed by atoms with Crippen molar-refractivity contribution in [3.8, 4) is 5.75 Å². The predicted molar refractivity (Wildman–Crippen MR) is 86.4 cm³/mol. The zero-order valence-electron chi connectivity index (χ0n) is 13.8. The maximum absolute atomic E-state index is 12.1. The number of ether oxygens (including phenoxy) is 2. The molecule has 0 saturated heterocycles. The average Bonchev–Trinajstić information content (AvgIpc) is 2.56. The lowest BCUT2D eigenvalue weighted by Gasteiger charge is -2.18. The van der Waals surface area contributed by atoms with Crippen LogP contribution in [0, 0.1) is 6.92 Å². The molecule has 1 N–H and O–H groups in total. The Balaban J connectivity index is 1.98. The van der Waals surface area contributed by atoms with Crippen LogP contribution in [-0.2, 0) is 4.74 Å². The van der Waals surface area contributed by atoms with Gasteiger partial charge in [0, 0.05) is 19.2 Å². The Kier molecular flexibility index (Phi) is 6.03. The highest BCUT2D eigenvalue weighted by Gasteiger charge is 2.31. The molecule has 7 heteroatoms. The zero-order valence-corrected chi connectivity index (χ0v) is 13.8. The van der Waals surface area contributed by atoms with Gasteiger partial charge in [-0.2, -0.15) is 0 Å². The topological polar surface area (TPSA) is 47.6 Å². The van der Waals surface area contributed by atoms with Crippen LogP contribution in [0.2, 0.25) is 0 Å². The molecule has 0 spiro atoms. The molecule has 1 amide bonds. The first-order valence-electron chi connectivity index (χ1n) is 7.52. The summed E-state index contributed by atoms with van der Waals surface area (Å²) >= 11 is 0. The monoisotopic (exact) mass is 353 g/mol. The van der Waals surface area contributed by atoms with E-state index in [4.69, 9.17) is 4.74 Å². The lowest BCUT2D eigenvalue weighted by Crippen LogP contribution is -2.29. The number of carbonyl (C=O) groups is 1. The number of benzene rings is 2. The van der Waals surface area contributed by atoms with Crippen LogP contribution in [0.4, 0.5) is 13.2 Å². The van der Waals surface area contributed by atoms with E-state index in [0.29, 0.717) is 0 Å². The van der Waals surface area contributed by atoms with E-state index in [1.54, 1.807) is 7.11 Å². The van der Waals surface area contributed by atoms with Gasteiger partial charge in [0.05, 0.1) is 6.10 Å². The smallest absolute Gasteiger partial charge is 0.406 e. The molecule has 2 aromatic rings. The van der Waals surface area contributed by atoms with Crippen molar-refractivity contribution in [2.24, 2.45) is 0 Å². The Hall–Kier alpha value is -2.54. The fourth-order valence-corrected chi connectivity index (χ4v) is 2.36. The first-order chi connectivity index (χ1) is 11.8.